The van der Waals surface area contributed by atoms with Gasteiger partial charge in [0.2, 0.25) is 0 Å². The molecule has 5 nitrogen and oxygen atoms in total. The molecule has 2 aromatic heterocycles. The first-order chi connectivity index (χ1) is 8.95. The predicted octanol–water partition coefficient (Wildman–Crippen LogP) is 1.64. The summed E-state index contributed by atoms with van der Waals surface area (Å²) in [5.74, 6) is 2.17. The number of aryl methyl sites for hydroxylation is 2. The van der Waals surface area contributed by atoms with Gasteiger partial charge in [0.05, 0.1) is 17.4 Å². The highest BCUT2D eigenvalue weighted by atomic mass is 32.1. The highest BCUT2D eigenvalue weighted by Crippen LogP contribution is 2.34. The average molecular weight is 274 g/mol. The molecule has 0 spiro atoms. The fraction of sp³-hybridized carbons (Fsp3) is 0.308. The molecule has 19 heavy (non-hydrogen) atoms. The molecule has 0 bridgehead atoms. The summed E-state index contributed by atoms with van der Waals surface area (Å²) in [6.45, 7) is 5.51. The number of aromatic nitrogens is 2. The molecule has 1 amide bonds. The van der Waals surface area contributed by atoms with Gasteiger partial charge in [0, 0.05) is 5.39 Å². The molecular weight excluding hydrogens is 260 g/mol. The Labute approximate surface area is 115 Å². The summed E-state index contributed by atoms with van der Waals surface area (Å²) >= 11 is 1.23. The first-order valence-electron chi connectivity index (χ1n) is 5.74. The first kappa shape index (κ1) is 13.3. The van der Waals surface area contributed by atoms with E-state index in [9.17, 15) is 4.79 Å². The van der Waals surface area contributed by atoms with Crippen molar-refractivity contribution in [3.63, 3.8) is 0 Å². The average Bonchev–Trinajstić information content (AvgIpc) is 2.72. The number of carbonyl (C=O) groups excluding carboxylic acids is 1. The van der Waals surface area contributed by atoms with Crippen molar-refractivity contribution in [2.24, 2.45) is 0 Å². The normalized spacial score (nSPS) is 12.1. The third-order valence-corrected chi connectivity index (χ3v) is 4.03. The highest BCUT2D eigenvalue weighted by molar-refractivity contribution is 7.21. The monoisotopic (exact) mass is 274 g/mol. The van der Waals surface area contributed by atoms with Gasteiger partial charge in [0.15, 0.2) is 0 Å². The van der Waals surface area contributed by atoms with Gasteiger partial charge in [0.25, 0.3) is 5.91 Å². The Morgan fingerprint density at radius 3 is 2.79 bits per heavy atom. The SMILES string of the molecule is C#CC(C)NC(=O)c1sc2nnc(C)c(C)c2c1N. The van der Waals surface area contributed by atoms with Crippen LogP contribution in [0.5, 0.6) is 0 Å². The number of rotatable bonds is 2. The van der Waals surface area contributed by atoms with Gasteiger partial charge in [-0.2, -0.15) is 5.10 Å². The molecule has 0 saturated carbocycles. The van der Waals surface area contributed by atoms with Gasteiger partial charge < -0.3 is 11.1 Å². The van der Waals surface area contributed by atoms with E-state index in [4.69, 9.17) is 12.2 Å². The van der Waals surface area contributed by atoms with E-state index in [-0.39, 0.29) is 11.9 Å². The number of nitrogens with zero attached hydrogens (tertiary/aromatic N) is 2. The van der Waals surface area contributed by atoms with Crippen LogP contribution < -0.4 is 11.1 Å². The van der Waals surface area contributed by atoms with Crippen LogP contribution >= 0.6 is 11.3 Å². The third kappa shape index (κ3) is 2.25. The number of fused-ring (bicyclic) bond motifs is 1. The van der Waals surface area contributed by atoms with E-state index < -0.39 is 0 Å². The molecule has 0 radical (unpaired) electrons. The second-order valence-electron chi connectivity index (χ2n) is 4.30. The molecule has 0 aliphatic heterocycles. The zero-order valence-electron chi connectivity index (χ0n) is 10.9. The molecule has 1 unspecified atom stereocenters. The summed E-state index contributed by atoms with van der Waals surface area (Å²) in [5.41, 5.74) is 8.25. The Hall–Kier alpha value is -2.13. The van der Waals surface area contributed by atoms with Crippen LogP contribution in [0, 0.1) is 26.2 Å². The zero-order valence-corrected chi connectivity index (χ0v) is 11.8. The molecule has 3 N–H and O–H groups in total. The van der Waals surface area contributed by atoms with Crippen LogP contribution in [-0.2, 0) is 0 Å². The van der Waals surface area contributed by atoms with Crippen molar-refractivity contribution in [3.05, 3.63) is 16.1 Å². The second kappa shape index (κ2) is 4.86. The van der Waals surface area contributed by atoms with Crippen LogP contribution in [0.2, 0.25) is 0 Å². The number of terminal acetylenes is 1. The summed E-state index contributed by atoms with van der Waals surface area (Å²) in [7, 11) is 0. The predicted molar refractivity (Wildman–Crippen MR) is 77.1 cm³/mol. The summed E-state index contributed by atoms with van der Waals surface area (Å²) < 4.78 is 0. The van der Waals surface area contributed by atoms with Crippen LogP contribution in [0.3, 0.4) is 0 Å². The molecule has 2 aromatic rings. The van der Waals surface area contributed by atoms with Gasteiger partial charge in [-0.25, -0.2) is 0 Å². The van der Waals surface area contributed by atoms with E-state index in [1.54, 1.807) is 6.92 Å². The number of nitrogen functional groups attached to an aromatic ring is 1. The lowest BCUT2D eigenvalue weighted by Crippen LogP contribution is -2.31. The Bertz CT molecular complexity index is 699. The first-order valence-corrected chi connectivity index (χ1v) is 6.56. The summed E-state index contributed by atoms with van der Waals surface area (Å²) in [5, 5.41) is 11.6. The van der Waals surface area contributed by atoms with Gasteiger partial charge in [-0.05, 0) is 26.3 Å². The van der Waals surface area contributed by atoms with Crippen LogP contribution in [-0.4, -0.2) is 22.1 Å². The molecule has 0 aliphatic rings. The second-order valence-corrected chi connectivity index (χ2v) is 5.30. The van der Waals surface area contributed by atoms with E-state index in [0.717, 1.165) is 16.6 Å². The van der Waals surface area contributed by atoms with Gasteiger partial charge in [-0.3, -0.25) is 4.79 Å². The van der Waals surface area contributed by atoms with E-state index in [2.05, 4.69) is 21.4 Å². The van der Waals surface area contributed by atoms with Crippen molar-refractivity contribution in [3.8, 4) is 12.3 Å². The standard InChI is InChI=1S/C13H14N4OS/c1-5-6(2)15-12(18)11-10(14)9-7(3)8(4)16-17-13(9)19-11/h1,6H,14H2,2-4H3,(H,15,18). The molecule has 0 aliphatic carbocycles. The van der Waals surface area contributed by atoms with Crippen LogP contribution in [0.25, 0.3) is 10.2 Å². The minimum Gasteiger partial charge on any atom is -0.397 e. The lowest BCUT2D eigenvalue weighted by molar-refractivity contribution is 0.0953. The Balaban J connectivity index is 2.52. The number of thiophene rings is 1. The van der Waals surface area contributed by atoms with Gasteiger partial charge in [-0.1, -0.05) is 5.92 Å². The van der Waals surface area contributed by atoms with Crippen LogP contribution in [0.1, 0.15) is 27.9 Å². The fourth-order valence-electron chi connectivity index (χ4n) is 1.71. The van der Waals surface area contributed by atoms with Crippen molar-refractivity contribution in [1.82, 2.24) is 15.5 Å². The number of carbonyl (C=O) groups is 1. The van der Waals surface area contributed by atoms with Crippen LogP contribution in [0.15, 0.2) is 0 Å². The van der Waals surface area contributed by atoms with Gasteiger partial charge in [0.1, 0.15) is 9.71 Å². The lowest BCUT2D eigenvalue weighted by Gasteiger charge is -2.06. The minimum absolute atomic E-state index is 0.275. The maximum Gasteiger partial charge on any atom is 0.264 e. The lowest BCUT2D eigenvalue weighted by atomic mass is 10.1. The van der Waals surface area contributed by atoms with Crippen molar-refractivity contribution in [1.29, 1.82) is 0 Å². The number of nitrogens with one attached hydrogen (secondary N) is 1. The van der Waals surface area contributed by atoms with Gasteiger partial charge >= 0.3 is 0 Å². The molecule has 98 valence electrons. The largest absolute Gasteiger partial charge is 0.397 e. The molecule has 6 heteroatoms. The summed E-state index contributed by atoms with van der Waals surface area (Å²) in [6.07, 6.45) is 5.24. The summed E-state index contributed by atoms with van der Waals surface area (Å²) in [6, 6.07) is -0.342. The van der Waals surface area contributed by atoms with Crippen molar-refractivity contribution in [2.45, 2.75) is 26.8 Å². The van der Waals surface area contributed by atoms with Crippen molar-refractivity contribution < 1.29 is 4.79 Å². The number of hydrogen-bond donors (Lipinski definition) is 2. The maximum absolute atomic E-state index is 12.1. The molecule has 2 heterocycles. The number of anilines is 1. The van der Waals surface area contributed by atoms with E-state index in [1.807, 2.05) is 13.8 Å². The maximum atomic E-state index is 12.1. The highest BCUT2D eigenvalue weighted by Gasteiger charge is 2.20. The van der Waals surface area contributed by atoms with Crippen molar-refractivity contribution >= 4 is 33.1 Å². The topological polar surface area (TPSA) is 80.9 Å². The molecule has 2 rings (SSSR count). The molecule has 1 atom stereocenters. The molecular formula is C13H14N4OS. The number of hydrogen-bond acceptors (Lipinski definition) is 5. The third-order valence-electron chi connectivity index (χ3n) is 2.94. The zero-order chi connectivity index (χ0) is 14.2. The Morgan fingerprint density at radius 1 is 1.47 bits per heavy atom. The van der Waals surface area contributed by atoms with Gasteiger partial charge in [-0.15, -0.1) is 22.9 Å². The quantitative estimate of drug-likeness (QED) is 0.816. The summed E-state index contributed by atoms with van der Waals surface area (Å²) in [4.78, 5) is 13.2. The molecule has 0 aromatic carbocycles. The Morgan fingerprint density at radius 2 is 2.16 bits per heavy atom. The van der Waals surface area contributed by atoms with Crippen molar-refractivity contribution in [2.75, 3.05) is 5.73 Å². The van der Waals surface area contributed by atoms with E-state index >= 15 is 0 Å². The number of amides is 1. The molecule has 0 saturated heterocycles. The van der Waals surface area contributed by atoms with E-state index in [1.165, 1.54) is 11.3 Å². The Kier molecular flexibility index (Phi) is 3.40. The smallest absolute Gasteiger partial charge is 0.264 e. The number of nitrogens with two attached hydrogens (primary N) is 1. The molecule has 0 fully saturated rings. The fourth-order valence-corrected chi connectivity index (χ4v) is 2.72. The minimum atomic E-state index is -0.342. The van der Waals surface area contributed by atoms with Crippen LogP contribution in [0.4, 0.5) is 5.69 Å². The van der Waals surface area contributed by atoms with E-state index in [0.29, 0.717) is 15.4 Å².